The number of nitrogens with zero attached hydrogens (tertiary/aromatic N) is 4. The van der Waals surface area contributed by atoms with Crippen molar-refractivity contribution in [3.63, 3.8) is 0 Å². The summed E-state index contributed by atoms with van der Waals surface area (Å²) in [7, 11) is 0. The molecule has 0 aliphatic carbocycles. The summed E-state index contributed by atoms with van der Waals surface area (Å²) in [6, 6.07) is 40.7. The monoisotopic (exact) mass is 791 g/mol. The van der Waals surface area contributed by atoms with Crippen LogP contribution in [0.1, 0.15) is 82.1 Å². The van der Waals surface area contributed by atoms with E-state index in [1.807, 2.05) is 66.7 Å². The molecular weight excluding hydrogens is 733 g/mol. The van der Waals surface area contributed by atoms with E-state index < -0.39 is 60.8 Å². The SMILES string of the molecule is [2H]C(C)(C)c1ccc2c(oc3c(-c4ccc(C([2H])([2H])C([2H])([2H])c5cc(C([2H])([2H])C([2H])([2H])c6ccc(-c7ccccc7)nc6)cc(C([2H])([2H])C([2H])([2H])c6ccc(-c7ccccc7)nc6)c5)cn4)cccc32)c1C#N. The molecule has 0 atom stereocenters. The van der Waals surface area contributed by atoms with E-state index >= 15 is 0 Å². The van der Waals surface area contributed by atoms with Gasteiger partial charge in [-0.15, -0.1) is 0 Å². The molecule has 4 aromatic heterocycles. The lowest BCUT2D eigenvalue weighted by Gasteiger charge is -2.12. The van der Waals surface area contributed by atoms with Crippen LogP contribution in [0, 0.1) is 11.3 Å². The van der Waals surface area contributed by atoms with Gasteiger partial charge in [-0.3, -0.25) is 15.0 Å². The van der Waals surface area contributed by atoms with Crippen LogP contribution in [0.25, 0.3) is 55.7 Å². The van der Waals surface area contributed by atoms with Crippen LogP contribution in [0.3, 0.4) is 0 Å². The molecule has 0 amide bonds. The first-order valence-electron chi connectivity index (χ1n) is 25.9. The number of nitriles is 1. The Morgan fingerprint density at radius 3 is 1.43 bits per heavy atom. The van der Waals surface area contributed by atoms with Gasteiger partial charge in [-0.2, -0.15) is 5.26 Å². The molecule has 0 N–H and O–H groups in total. The predicted octanol–water partition coefficient (Wildman–Crippen LogP) is 13.1. The maximum atomic E-state index is 10.2. The second-order valence-electron chi connectivity index (χ2n) is 14.3. The van der Waals surface area contributed by atoms with Gasteiger partial charge in [0.05, 0.1) is 22.6 Å². The summed E-state index contributed by atoms with van der Waals surface area (Å²) in [4.78, 5) is 13.3. The van der Waals surface area contributed by atoms with Crippen molar-refractivity contribution in [2.75, 3.05) is 0 Å². The Balaban J connectivity index is 1.13. The van der Waals surface area contributed by atoms with Gasteiger partial charge in [0.1, 0.15) is 11.7 Å². The topological polar surface area (TPSA) is 75.6 Å². The first-order chi connectivity index (χ1) is 34.3. The van der Waals surface area contributed by atoms with Crippen LogP contribution in [0.2, 0.25) is 0 Å². The van der Waals surface area contributed by atoms with Crippen LogP contribution < -0.4 is 0 Å². The van der Waals surface area contributed by atoms with Crippen molar-refractivity contribution in [1.29, 1.82) is 5.26 Å². The van der Waals surface area contributed by atoms with Gasteiger partial charge >= 0.3 is 0 Å². The zero-order valence-corrected chi connectivity index (χ0v) is 32.8. The molecule has 5 heteroatoms. The highest BCUT2D eigenvalue weighted by molar-refractivity contribution is 6.10. The van der Waals surface area contributed by atoms with E-state index in [2.05, 4.69) is 21.0 Å². The maximum Gasteiger partial charge on any atom is 0.153 e. The lowest BCUT2D eigenvalue weighted by atomic mass is 9.94. The van der Waals surface area contributed by atoms with E-state index in [0.717, 1.165) is 35.5 Å². The van der Waals surface area contributed by atoms with Gasteiger partial charge in [-0.05, 0) is 107 Å². The van der Waals surface area contributed by atoms with Crippen LogP contribution in [-0.4, -0.2) is 15.0 Å². The smallest absolute Gasteiger partial charge is 0.153 e. The highest BCUT2D eigenvalue weighted by Crippen LogP contribution is 2.38. The summed E-state index contributed by atoms with van der Waals surface area (Å²) in [5, 5.41) is 11.5. The third-order valence-corrected chi connectivity index (χ3v) is 10.0. The minimum Gasteiger partial charge on any atom is -0.454 e. The third kappa shape index (κ3) is 8.37. The number of fused-ring (bicyclic) bond motifs is 3. The second-order valence-corrected chi connectivity index (χ2v) is 14.3. The molecule has 0 unspecified atom stereocenters. The molecular formula is C55H46N4O. The Hall–Kier alpha value is -7.16. The van der Waals surface area contributed by atoms with Crippen LogP contribution >= 0.6 is 0 Å². The summed E-state index contributed by atoms with van der Waals surface area (Å²) >= 11 is 0. The number of rotatable bonds is 13. The average molecular weight is 792 g/mol. The van der Waals surface area contributed by atoms with Crippen LogP contribution in [0.5, 0.6) is 0 Å². The molecule has 0 spiro atoms. The number of benzene rings is 5. The van der Waals surface area contributed by atoms with E-state index in [1.165, 1.54) is 48.8 Å². The summed E-state index contributed by atoms with van der Waals surface area (Å²) in [5.74, 6) is -1.09. The molecule has 4 heterocycles. The Labute approximate surface area is 370 Å². The molecule has 0 aliphatic rings. The van der Waals surface area contributed by atoms with Gasteiger partial charge in [0.15, 0.2) is 5.58 Å². The summed E-state index contributed by atoms with van der Waals surface area (Å²) < 4.78 is 127. The first kappa shape index (κ1) is 26.0. The van der Waals surface area contributed by atoms with Gasteiger partial charge < -0.3 is 4.42 Å². The van der Waals surface area contributed by atoms with Crippen molar-refractivity contribution < 1.29 is 22.2 Å². The standard InChI is InChI=1S/C55H46N4O/c1-37(2)46-25-26-48-47-14-9-15-49(54(47)60-55(48)50(46)33-56)53-29-24-40(36-59-53)18-21-43-31-41(19-16-38-22-27-51(57-34-38)44-10-5-3-6-11-44)30-42(32-43)20-17-39-23-28-52(58-35-39)45-12-7-4-8-13-45/h3-15,22-32,34-37H,16-21H2,1-2H3/i16D2,17D2,18D2,19D2,20D2,21D2,37D. The van der Waals surface area contributed by atoms with Gasteiger partial charge in [0, 0.05) is 63.9 Å². The van der Waals surface area contributed by atoms with E-state index in [9.17, 15) is 21.7 Å². The van der Waals surface area contributed by atoms with Crippen molar-refractivity contribution in [2.45, 2.75) is 58.0 Å². The fourth-order valence-corrected chi connectivity index (χ4v) is 6.99. The van der Waals surface area contributed by atoms with Crippen LogP contribution in [0.15, 0.2) is 169 Å². The van der Waals surface area contributed by atoms with Crippen LogP contribution in [0.4, 0.5) is 0 Å². The second kappa shape index (κ2) is 17.4. The molecule has 0 saturated heterocycles. The Morgan fingerprint density at radius 2 is 0.983 bits per heavy atom. The van der Waals surface area contributed by atoms with Crippen molar-refractivity contribution in [2.24, 2.45) is 0 Å². The third-order valence-electron chi connectivity index (χ3n) is 10.0. The molecule has 9 rings (SSSR count). The van der Waals surface area contributed by atoms with Gasteiger partial charge in [-0.1, -0.05) is 135 Å². The predicted molar refractivity (Wildman–Crippen MR) is 244 cm³/mol. The Kier molecular flexibility index (Phi) is 7.54. The first-order valence-corrected chi connectivity index (χ1v) is 19.4. The quantitative estimate of drug-likeness (QED) is 0.116. The number of aryl methyl sites for hydroxylation is 6. The normalized spacial score (nSPS) is 16.2. The van der Waals surface area contributed by atoms with E-state index in [1.54, 1.807) is 38.1 Å². The van der Waals surface area contributed by atoms with E-state index in [4.69, 9.17) is 5.79 Å². The van der Waals surface area contributed by atoms with Crippen molar-refractivity contribution >= 4 is 21.9 Å². The average Bonchev–Trinajstić information content (AvgIpc) is 3.77. The van der Waals surface area contributed by atoms with Gasteiger partial charge in [0.2, 0.25) is 0 Å². The van der Waals surface area contributed by atoms with Crippen molar-refractivity contribution in [3.8, 4) is 39.8 Å². The number of para-hydroxylation sites is 1. The lowest BCUT2D eigenvalue weighted by molar-refractivity contribution is 0.666. The number of pyridine rings is 3. The molecule has 5 nitrogen and oxygen atoms in total. The number of hydrogen-bond acceptors (Lipinski definition) is 5. The molecule has 60 heavy (non-hydrogen) atoms. The largest absolute Gasteiger partial charge is 0.454 e. The number of aromatic nitrogens is 3. The summed E-state index contributed by atoms with van der Waals surface area (Å²) in [6.07, 6.45) is -14.6. The molecule has 0 fully saturated rings. The molecule has 292 valence electrons. The van der Waals surface area contributed by atoms with E-state index in [-0.39, 0.29) is 22.3 Å². The minimum atomic E-state index is -3.14. The van der Waals surface area contributed by atoms with Gasteiger partial charge in [0.25, 0.3) is 0 Å². The molecule has 0 radical (unpaired) electrons. The van der Waals surface area contributed by atoms with Crippen LogP contribution in [-0.2, 0) is 38.2 Å². The molecule has 0 saturated carbocycles. The fraction of sp³-hybridized carbons (Fsp3) is 0.164. The molecule has 0 bridgehead atoms. The zero-order valence-electron chi connectivity index (χ0n) is 45.8. The highest BCUT2D eigenvalue weighted by atomic mass is 16.3. The highest BCUT2D eigenvalue weighted by Gasteiger charge is 2.19. The molecule has 5 aromatic carbocycles. The summed E-state index contributed by atoms with van der Waals surface area (Å²) in [5.41, 5.74) is 2.25. The Morgan fingerprint density at radius 1 is 0.517 bits per heavy atom. The zero-order chi connectivity index (χ0) is 52.5. The molecule has 9 aromatic rings. The minimum absolute atomic E-state index is 0.193. The maximum absolute atomic E-state index is 10.2. The lowest BCUT2D eigenvalue weighted by Crippen LogP contribution is -2.00. The van der Waals surface area contributed by atoms with Crippen molar-refractivity contribution in [3.05, 3.63) is 209 Å². The number of hydrogen-bond donors (Lipinski definition) is 0. The molecule has 0 aliphatic heterocycles. The van der Waals surface area contributed by atoms with Crippen molar-refractivity contribution in [1.82, 2.24) is 15.0 Å². The van der Waals surface area contributed by atoms with Gasteiger partial charge in [-0.25, -0.2) is 0 Å². The van der Waals surface area contributed by atoms with E-state index in [0.29, 0.717) is 50.1 Å². The fourth-order valence-electron chi connectivity index (χ4n) is 6.99. The Bertz CT molecular complexity index is 3430. The number of furan rings is 1. The summed E-state index contributed by atoms with van der Waals surface area (Å²) in [6.45, 7) is 3.35.